The summed E-state index contributed by atoms with van der Waals surface area (Å²) in [6.07, 6.45) is 6.65. The molecule has 5 heterocycles. The van der Waals surface area contributed by atoms with Gasteiger partial charge >= 0.3 is 0 Å². The largest absolute Gasteiger partial charge is 0.451 e. The number of carbonyl (C=O) groups is 3. The Morgan fingerprint density at radius 1 is 1.09 bits per heavy atom. The fourth-order valence-corrected chi connectivity index (χ4v) is 6.60. The highest BCUT2D eigenvalue weighted by Crippen LogP contribution is 2.57. The molecule has 6 rings (SSSR count). The van der Waals surface area contributed by atoms with Gasteiger partial charge in [-0.2, -0.15) is 0 Å². The first kappa shape index (κ1) is 21.3. The summed E-state index contributed by atoms with van der Waals surface area (Å²) in [5.41, 5.74) is 1.19. The van der Waals surface area contributed by atoms with E-state index in [1.807, 2.05) is 29.2 Å². The van der Waals surface area contributed by atoms with Crippen LogP contribution in [0.25, 0.3) is 0 Å². The van der Waals surface area contributed by atoms with Crippen molar-refractivity contribution in [2.24, 2.45) is 5.92 Å². The minimum absolute atomic E-state index is 0.00637. The number of rotatable bonds is 1. The molecule has 2 bridgehead atoms. The van der Waals surface area contributed by atoms with Crippen molar-refractivity contribution in [3.8, 4) is 0 Å². The van der Waals surface area contributed by atoms with Crippen LogP contribution < -0.4 is 10.2 Å². The van der Waals surface area contributed by atoms with Gasteiger partial charge in [0.1, 0.15) is 11.8 Å². The maximum atomic E-state index is 14.3. The van der Waals surface area contributed by atoms with Gasteiger partial charge in [0.05, 0.1) is 5.92 Å². The molecule has 0 aliphatic carbocycles. The van der Waals surface area contributed by atoms with Gasteiger partial charge in [-0.3, -0.25) is 19.3 Å². The van der Waals surface area contributed by atoms with Gasteiger partial charge in [-0.25, -0.2) is 4.98 Å². The number of hydrogen-bond donors (Lipinski definition) is 1. The van der Waals surface area contributed by atoms with Crippen LogP contribution in [0.5, 0.6) is 0 Å². The molecule has 1 spiro atoms. The molecular formula is C25H29N5O4. The number of hydrogen-bond acceptors (Lipinski definition) is 6. The molecule has 3 atom stereocenters. The van der Waals surface area contributed by atoms with Crippen LogP contribution in [0.3, 0.4) is 0 Å². The third-order valence-corrected chi connectivity index (χ3v) is 7.99. The van der Waals surface area contributed by atoms with E-state index in [1.54, 1.807) is 4.90 Å². The monoisotopic (exact) mass is 463 g/mol. The SMILES string of the molecule is O=C1NCCCN(C(=O)c2cocn2)CCCN2C(=O)[C@@]3(c4ccccc42)[C@@H]1C[C@@H]1CCCN13. The van der Waals surface area contributed by atoms with Crippen LogP contribution in [0.1, 0.15) is 48.2 Å². The van der Waals surface area contributed by atoms with Crippen LogP contribution in [-0.4, -0.2) is 71.3 Å². The second-order valence-corrected chi connectivity index (χ2v) is 9.68. The highest BCUT2D eigenvalue weighted by Gasteiger charge is 2.66. The maximum Gasteiger partial charge on any atom is 0.275 e. The number of fused-ring (bicyclic) bond motifs is 4. The van der Waals surface area contributed by atoms with E-state index in [0.29, 0.717) is 45.4 Å². The predicted molar refractivity (Wildman–Crippen MR) is 123 cm³/mol. The van der Waals surface area contributed by atoms with E-state index in [-0.39, 0.29) is 29.5 Å². The highest BCUT2D eigenvalue weighted by atomic mass is 16.3. The van der Waals surface area contributed by atoms with Gasteiger partial charge in [-0.15, -0.1) is 0 Å². The molecule has 4 aliphatic heterocycles. The Bertz CT molecular complexity index is 1120. The number of aromatic nitrogens is 1. The summed E-state index contributed by atoms with van der Waals surface area (Å²) in [5.74, 6) is -0.665. The van der Waals surface area contributed by atoms with Gasteiger partial charge < -0.3 is 19.5 Å². The maximum absolute atomic E-state index is 14.3. The molecule has 9 nitrogen and oxygen atoms in total. The molecular weight excluding hydrogens is 434 g/mol. The van der Waals surface area contributed by atoms with Gasteiger partial charge in [-0.1, -0.05) is 18.2 Å². The van der Waals surface area contributed by atoms with Crippen molar-refractivity contribution in [2.45, 2.75) is 43.7 Å². The van der Waals surface area contributed by atoms with E-state index in [9.17, 15) is 14.4 Å². The molecule has 0 unspecified atom stereocenters. The second-order valence-electron chi connectivity index (χ2n) is 9.68. The van der Waals surface area contributed by atoms with Crippen LogP contribution in [0.4, 0.5) is 5.69 Å². The van der Waals surface area contributed by atoms with Crippen LogP contribution in [0.15, 0.2) is 41.3 Å². The van der Waals surface area contributed by atoms with Gasteiger partial charge in [0.2, 0.25) is 5.91 Å². The van der Waals surface area contributed by atoms with Gasteiger partial charge in [-0.05, 0) is 44.7 Å². The van der Waals surface area contributed by atoms with Crippen LogP contribution >= 0.6 is 0 Å². The van der Waals surface area contributed by atoms with E-state index in [2.05, 4.69) is 15.2 Å². The first-order chi connectivity index (χ1) is 16.6. The molecule has 1 aromatic carbocycles. The van der Waals surface area contributed by atoms with Crippen LogP contribution in [0, 0.1) is 5.92 Å². The molecule has 34 heavy (non-hydrogen) atoms. The number of para-hydroxylation sites is 1. The number of nitrogens with zero attached hydrogens (tertiary/aromatic N) is 4. The zero-order valence-electron chi connectivity index (χ0n) is 19.1. The highest BCUT2D eigenvalue weighted by molar-refractivity contribution is 6.11. The molecule has 2 aromatic rings. The Balaban J connectivity index is 1.37. The van der Waals surface area contributed by atoms with Crippen molar-refractivity contribution in [2.75, 3.05) is 37.6 Å². The van der Waals surface area contributed by atoms with Gasteiger partial charge in [0, 0.05) is 43.5 Å². The molecule has 4 aliphatic rings. The zero-order valence-corrected chi connectivity index (χ0v) is 19.1. The number of benzene rings is 1. The van der Waals surface area contributed by atoms with E-state index in [1.165, 1.54) is 12.7 Å². The molecule has 3 fully saturated rings. The molecule has 3 amide bonds. The Labute approximate surface area is 198 Å². The average Bonchev–Trinajstić information content (AvgIpc) is 3.62. The van der Waals surface area contributed by atoms with Crippen molar-refractivity contribution in [3.05, 3.63) is 48.2 Å². The first-order valence-corrected chi connectivity index (χ1v) is 12.3. The molecule has 1 aromatic heterocycles. The third kappa shape index (κ3) is 3.02. The molecule has 9 heteroatoms. The minimum atomic E-state index is -0.924. The Morgan fingerprint density at radius 2 is 1.94 bits per heavy atom. The summed E-state index contributed by atoms with van der Waals surface area (Å²) in [6, 6.07) is 8.20. The first-order valence-electron chi connectivity index (χ1n) is 12.3. The number of carbonyl (C=O) groups excluding carboxylic acids is 3. The van der Waals surface area contributed by atoms with Crippen molar-refractivity contribution in [1.82, 2.24) is 20.1 Å². The summed E-state index contributed by atoms with van der Waals surface area (Å²) in [6.45, 7) is 2.78. The number of amides is 3. The Kier molecular flexibility index (Phi) is 5.17. The quantitative estimate of drug-likeness (QED) is 0.692. The minimum Gasteiger partial charge on any atom is -0.451 e. The van der Waals surface area contributed by atoms with Crippen LogP contribution in [-0.2, 0) is 15.1 Å². The third-order valence-electron chi connectivity index (χ3n) is 7.99. The molecule has 0 radical (unpaired) electrons. The summed E-state index contributed by atoms with van der Waals surface area (Å²) in [7, 11) is 0. The summed E-state index contributed by atoms with van der Waals surface area (Å²) in [5, 5.41) is 3.10. The van der Waals surface area contributed by atoms with Crippen molar-refractivity contribution >= 4 is 23.4 Å². The lowest BCUT2D eigenvalue weighted by atomic mass is 9.78. The lowest BCUT2D eigenvalue weighted by Gasteiger charge is -2.37. The van der Waals surface area contributed by atoms with E-state index in [4.69, 9.17) is 4.42 Å². The van der Waals surface area contributed by atoms with E-state index >= 15 is 0 Å². The fourth-order valence-electron chi connectivity index (χ4n) is 6.60. The van der Waals surface area contributed by atoms with Crippen molar-refractivity contribution in [1.29, 1.82) is 0 Å². The predicted octanol–water partition coefficient (Wildman–Crippen LogP) is 1.75. The molecule has 0 saturated carbocycles. The lowest BCUT2D eigenvalue weighted by molar-refractivity contribution is -0.138. The normalized spacial score (nSPS) is 29.5. The topological polar surface area (TPSA) is 99.0 Å². The zero-order chi connectivity index (χ0) is 23.3. The fraction of sp³-hybridized carbons (Fsp3) is 0.520. The van der Waals surface area contributed by atoms with Gasteiger partial charge in [0.15, 0.2) is 12.1 Å². The smallest absolute Gasteiger partial charge is 0.275 e. The molecule has 1 N–H and O–H groups in total. The molecule has 3 saturated heterocycles. The molecule has 178 valence electrons. The lowest BCUT2D eigenvalue weighted by Crippen LogP contribution is -2.56. The summed E-state index contributed by atoms with van der Waals surface area (Å²) < 4.78 is 4.99. The Hall–Kier alpha value is -3.20. The van der Waals surface area contributed by atoms with E-state index in [0.717, 1.165) is 30.6 Å². The van der Waals surface area contributed by atoms with Gasteiger partial charge in [0.25, 0.3) is 11.8 Å². The number of oxazole rings is 1. The van der Waals surface area contributed by atoms with Crippen molar-refractivity contribution in [3.63, 3.8) is 0 Å². The van der Waals surface area contributed by atoms with Crippen LogP contribution in [0.2, 0.25) is 0 Å². The Morgan fingerprint density at radius 3 is 2.79 bits per heavy atom. The number of anilines is 1. The standard InChI is InChI=1S/C25H29N5O4/c31-22-19-14-17-6-3-13-30(17)25(19)18-7-1-2-8-21(18)29(24(25)33)12-5-11-28(10-4-9-26-22)23(32)20-15-34-16-27-20/h1-2,7-8,15-17,19H,3-6,9-14H2,(H,26,31)/t17-,19+,25+/m0/s1. The van der Waals surface area contributed by atoms with Crippen molar-refractivity contribution < 1.29 is 18.8 Å². The average molecular weight is 464 g/mol. The number of nitrogens with one attached hydrogen (secondary N) is 1. The van der Waals surface area contributed by atoms with E-state index < -0.39 is 11.5 Å². The second kappa shape index (κ2) is 8.23. The summed E-state index contributed by atoms with van der Waals surface area (Å²) >= 11 is 0. The summed E-state index contributed by atoms with van der Waals surface area (Å²) in [4.78, 5) is 50.7.